The van der Waals surface area contributed by atoms with Gasteiger partial charge in [0.2, 0.25) is 5.91 Å². The van der Waals surface area contributed by atoms with Crippen molar-refractivity contribution in [3.8, 4) is 0 Å². The molecule has 1 saturated heterocycles. The predicted octanol–water partition coefficient (Wildman–Crippen LogP) is 4.18. The molecule has 27 heavy (non-hydrogen) atoms. The third-order valence-corrected chi connectivity index (χ3v) is 5.74. The van der Waals surface area contributed by atoms with Crippen LogP contribution in [0.15, 0.2) is 41.2 Å². The number of hydrogen-bond acceptors (Lipinski definition) is 2. The van der Waals surface area contributed by atoms with Crippen molar-refractivity contribution in [1.29, 1.82) is 0 Å². The first-order chi connectivity index (χ1) is 13.0. The first kappa shape index (κ1) is 18.1. The molecule has 0 bridgehead atoms. The minimum Gasteiger partial charge on any atom is -0.350 e. The molecule has 2 aliphatic rings. The summed E-state index contributed by atoms with van der Waals surface area (Å²) < 4.78 is 0. The molecule has 1 aliphatic carbocycles. The highest BCUT2D eigenvalue weighted by atomic mass is 35.5. The van der Waals surface area contributed by atoms with Crippen molar-refractivity contribution >= 4 is 23.1 Å². The number of aromatic nitrogens is 1. The van der Waals surface area contributed by atoms with Crippen molar-refractivity contribution in [2.75, 3.05) is 0 Å². The summed E-state index contributed by atoms with van der Waals surface area (Å²) in [6.07, 6.45) is 6.36. The lowest BCUT2D eigenvalue weighted by Gasteiger charge is -2.14. The normalized spacial score (nSPS) is 20.0. The molecule has 2 heterocycles. The maximum Gasteiger partial charge on any atom is 0.251 e. The molecule has 1 aromatic carbocycles. The molecule has 1 amide bonds. The van der Waals surface area contributed by atoms with Crippen LogP contribution in [0.25, 0.3) is 5.57 Å². The average molecular weight is 383 g/mol. The molecule has 1 saturated carbocycles. The van der Waals surface area contributed by atoms with Gasteiger partial charge in [0, 0.05) is 34.3 Å². The summed E-state index contributed by atoms with van der Waals surface area (Å²) in [5.74, 6) is 0.468. The second-order valence-corrected chi connectivity index (χ2v) is 7.79. The topological polar surface area (TPSA) is 62.0 Å². The number of carbonyl (C=O) groups excluding carboxylic acids is 1. The SMILES string of the molecule is CCc1ccc(/C(=C\[C@H]2CCC(=O)N2)c2ccc(C3CC3)c(=O)[nH]2)cc1Cl. The van der Waals surface area contributed by atoms with Crippen molar-refractivity contribution in [1.82, 2.24) is 10.3 Å². The molecule has 4 rings (SSSR count). The number of H-pyrrole nitrogens is 1. The monoisotopic (exact) mass is 382 g/mol. The smallest absolute Gasteiger partial charge is 0.251 e. The average Bonchev–Trinajstić information content (AvgIpc) is 3.41. The predicted molar refractivity (Wildman–Crippen MR) is 108 cm³/mol. The van der Waals surface area contributed by atoms with E-state index in [4.69, 9.17) is 11.6 Å². The fraction of sp³-hybridized carbons (Fsp3) is 0.364. The van der Waals surface area contributed by atoms with Crippen molar-refractivity contribution in [3.05, 3.63) is 74.2 Å². The summed E-state index contributed by atoms with van der Waals surface area (Å²) in [7, 11) is 0. The number of halogens is 1. The zero-order valence-corrected chi connectivity index (χ0v) is 16.1. The standard InChI is InChI=1S/C22H23ClN2O2/c1-2-13-3-6-15(11-19(13)23)18(12-16-7-10-21(26)24-16)20-9-8-17(14-4-5-14)22(27)25-20/h3,6,8-9,11-12,14,16H,2,4-5,7,10H2,1H3,(H,24,26)(H,25,27)/b18-12+/t16-/m1/s1. The van der Waals surface area contributed by atoms with Gasteiger partial charge in [-0.15, -0.1) is 0 Å². The van der Waals surface area contributed by atoms with Crippen molar-refractivity contribution in [3.63, 3.8) is 0 Å². The Hall–Kier alpha value is -2.33. The van der Waals surface area contributed by atoms with Crippen LogP contribution in [0.3, 0.4) is 0 Å². The van der Waals surface area contributed by atoms with E-state index in [2.05, 4.69) is 17.2 Å². The van der Waals surface area contributed by atoms with E-state index in [1.165, 1.54) is 0 Å². The van der Waals surface area contributed by atoms with Crippen LogP contribution in [-0.4, -0.2) is 16.9 Å². The summed E-state index contributed by atoms with van der Waals surface area (Å²) in [5, 5.41) is 3.69. The lowest BCUT2D eigenvalue weighted by Crippen LogP contribution is -2.23. The number of benzene rings is 1. The fourth-order valence-corrected chi connectivity index (χ4v) is 3.98. The van der Waals surface area contributed by atoms with E-state index < -0.39 is 0 Å². The van der Waals surface area contributed by atoms with Crippen molar-refractivity contribution in [2.45, 2.75) is 51.0 Å². The number of amides is 1. The van der Waals surface area contributed by atoms with Crippen LogP contribution >= 0.6 is 11.6 Å². The Labute approximate surface area is 163 Å². The first-order valence-electron chi connectivity index (χ1n) is 9.58. The highest BCUT2D eigenvalue weighted by Crippen LogP contribution is 2.38. The van der Waals surface area contributed by atoms with Crippen LogP contribution in [0.2, 0.25) is 5.02 Å². The van der Waals surface area contributed by atoms with Gasteiger partial charge in [0.25, 0.3) is 5.56 Å². The quantitative estimate of drug-likeness (QED) is 0.814. The molecule has 0 spiro atoms. The Bertz CT molecular complexity index is 973. The number of aromatic amines is 1. The summed E-state index contributed by atoms with van der Waals surface area (Å²) in [6.45, 7) is 2.07. The fourth-order valence-electron chi connectivity index (χ4n) is 3.66. The number of nitrogens with one attached hydrogen (secondary N) is 2. The lowest BCUT2D eigenvalue weighted by atomic mass is 9.97. The minimum absolute atomic E-state index is 0.0207. The Kier molecular flexibility index (Phi) is 4.92. The Balaban J connectivity index is 1.77. The zero-order valence-electron chi connectivity index (χ0n) is 15.3. The maximum absolute atomic E-state index is 12.5. The molecule has 0 radical (unpaired) electrons. The van der Waals surface area contributed by atoms with Gasteiger partial charge in [-0.3, -0.25) is 9.59 Å². The largest absolute Gasteiger partial charge is 0.350 e. The molecule has 2 fully saturated rings. The molecule has 5 heteroatoms. The molecular formula is C22H23ClN2O2. The summed E-state index contributed by atoms with van der Waals surface area (Å²) in [5.41, 5.74) is 4.52. The van der Waals surface area contributed by atoms with Crippen LogP contribution in [0.1, 0.15) is 60.9 Å². The van der Waals surface area contributed by atoms with Crippen LogP contribution in [0.4, 0.5) is 0 Å². The van der Waals surface area contributed by atoms with E-state index in [1.807, 2.05) is 36.4 Å². The number of rotatable bonds is 5. The van der Waals surface area contributed by atoms with E-state index in [-0.39, 0.29) is 17.5 Å². The number of carbonyl (C=O) groups is 1. The van der Waals surface area contributed by atoms with Crippen LogP contribution in [-0.2, 0) is 11.2 Å². The van der Waals surface area contributed by atoms with Crippen LogP contribution < -0.4 is 10.9 Å². The molecule has 1 aliphatic heterocycles. The summed E-state index contributed by atoms with van der Waals surface area (Å²) in [6, 6.07) is 9.86. The Morgan fingerprint density at radius 3 is 2.59 bits per heavy atom. The highest BCUT2D eigenvalue weighted by molar-refractivity contribution is 6.31. The molecular weight excluding hydrogens is 360 g/mol. The zero-order chi connectivity index (χ0) is 19.0. The number of pyridine rings is 1. The van der Waals surface area contributed by atoms with E-state index in [0.29, 0.717) is 17.4 Å². The third kappa shape index (κ3) is 3.86. The highest BCUT2D eigenvalue weighted by Gasteiger charge is 2.26. The molecule has 4 nitrogen and oxygen atoms in total. The molecule has 140 valence electrons. The molecule has 2 N–H and O–H groups in total. The molecule has 0 unspecified atom stereocenters. The van der Waals surface area contributed by atoms with Gasteiger partial charge in [-0.2, -0.15) is 0 Å². The Morgan fingerprint density at radius 1 is 1.19 bits per heavy atom. The van der Waals surface area contributed by atoms with Gasteiger partial charge >= 0.3 is 0 Å². The van der Waals surface area contributed by atoms with E-state index in [0.717, 1.165) is 53.6 Å². The second kappa shape index (κ2) is 7.35. The summed E-state index contributed by atoms with van der Waals surface area (Å²) in [4.78, 5) is 27.2. The maximum atomic E-state index is 12.5. The third-order valence-electron chi connectivity index (χ3n) is 5.39. The van der Waals surface area contributed by atoms with Gasteiger partial charge in [-0.05, 0) is 54.9 Å². The molecule has 1 aromatic heterocycles. The first-order valence-corrected chi connectivity index (χ1v) is 9.96. The number of hydrogen-bond donors (Lipinski definition) is 2. The second-order valence-electron chi connectivity index (χ2n) is 7.38. The number of aryl methyl sites for hydroxylation is 1. The van der Waals surface area contributed by atoms with Gasteiger partial charge in [0.15, 0.2) is 0 Å². The summed E-state index contributed by atoms with van der Waals surface area (Å²) >= 11 is 6.44. The van der Waals surface area contributed by atoms with Gasteiger partial charge < -0.3 is 10.3 Å². The van der Waals surface area contributed by atoms with Crippen molar-refractivity contribution in [2.24, 2.45) is 0 Å². The van der Waals surface area contributed by atoms with Gasteiger partial charge in [0.05, 0.1) is 0 Å². The van der Waals surface area contributed by atoms with E-state index in [9.17, 15) is 9.59 Å². The van der Waals surface area contributed by atoms with E-state index >= 15 is 0 Å². The minimum atomic E-state index is -0.0382. The van der Waals surface area contributed by atoms with Gasteiger partial charge in [0.1, 0.15) is 0 Å². The van der Waals surface area contributed by atoms with Crippen LogP contribution in [0, 0.1) is 0 Å². The van der Waals surface area contributed by atoms with Crippen molar-refractivity contribution < 1.29 is 4.79 Å². The Morgan fingerprint density at radius 2 is 2.00 bits per heavy atom. The van der Waals surface area contributed by atoms with Gasteiger partial charge in [-0.25, -0.2) is 0 Å². The lowest BCUT2D eigenvalue weighted by molar-refractivity contribution is -0.119. The van der Waals surface area contributed by atoms with E-state index in [1.54, 1.807) is 0 Å². The van der Waals surface area contributed by atoms with Gasteiger partial charge in [-0.1, -0.05) is 42.8 Å². The molecule has 2 aromatic rings. The molecule has 1 atom stereocenters. The van der Waals surface area contributed by atoms with Crippen LogP contribution in [0.5, 0.6) is 0 Å².